The number of hydrogen-bond acceptors (Lipinski definition) is 2. The van der Waals surface area contributed by atoms with Crippen molar-refractivity contribution in [3.63, 3.8) is 0 Å². The molecule has 1 aromatic carbocycles. The monoisotopic (exact) mass is 218 g/mol. The summed E-state index contributed by atoms with van der Waals surface area (Å²) in [6, 6.07) is 5.86. The lowest BCUT2D eigenvalue weighted by atomic mass is 10.0. The quantitative estimate of drug-likeness (QED) is 0.724. The van der Waals surface area contributed by atoms with Crippen LogP contribution in [0.4, 0.5) is 4.39 Å². The Balaban J connectivity index is 2.49. The Bertz CT molecular complexity index is 541. The average Bonchev–Trinajstić information content (AvgIpc) is 2.67. The van der Waals surface area contributed by atoms with Crippen molar-refractivity contribution in [1.82, 2.24) is 0 Å². The zero-order chi connectivity index (χ0) is 11.7. The normalized spacial score (nSPS) is 10.4. The summed E-state index contributed by atoms with van der Waals surface area (Å²) < 4.78 is 18.2. The molecule has 0 aliphatic heterocycles. The van der Waals surface area contributed by atoms with Gasteiger partial charge in [-0.05, 0) is 43.2 Å². The Morgan fingerprint density at radius 3 is 2.56 bits per heavy atom. The molecule has 1 heterocycles. The van der Waals surface area contributed by atoms with Crippen molar-refractivity contribution < 1.29 is 13.6 Å². The van der Waals surface area contributed by atoms with Crippen molar-refractivity contribution in [2.45, 2.75) is 13.8 Å². The lowest BCUT2D eigenvalue weighted by Gasteiger charge is -2.03. The van der Waals surface area contributed by atoms with Crippen LogP contribution >= 0.6 is 0 Å². The van der Waals surface area contributed by atoms with Gasteiger partial charge in [-0.15, -0.1) is 0 Å². The van der Waals surface area contributed by atoms with E-state index in [4.69, 9.17) is 4.42 Å². The predicted molar refractivity (Wildman–Crippen MR) is 58.0 cm³/mol. The maximum absolute atomic E-state index is 13.1. The van der Waals surface area contributed by atoms with Gasteiger partial charge < -0.3 is 4.42 Å². The molecule has 1 aromatic heterocycles. The molecule has 0 bridgehead atoms. The topological polar surface area (TPSA) is 30.2 Å². The summed E-state index contributed by atoms with van der Waals surface area (Å²) in [6.45, 7) is 3.55. The molecule has 0 N–H and O–H groups in total. The molecule has 2 aromatic rings. The van der Waals surface area contributed by atoms with E-state index in [1.807, 2.05) is 0 Å². The number of benzene rings is 1. The van der Waals surface area contributed by atoms with E-state index in [0.29, 0.717) is 5.56 Å². The van der Waals surface area contributed by atoms with Crippen LogP contribution in [0.2, 0.25) is 0 Å². The van der Waals surface area contributed by atoms with E-state index in [-0.39, 0.29) is 11.5 Å². The van der Waals surface area contributed by atoms with Gasteiger partial charge in [0.1, 0.15) is 5.82 Å². The van der Waals surface area contributed by atoms with E-state index in [2.05, 4.69) is 0 Å². The highest BCUT2D eigenvalue weighted by atomic mass is 19.1. The number of carbonyl (C=O) groups is 1. The van der Waals surface area contributed by atoms with Crippen molar-refractivity contribution >= 4 is 5.78 Å². The Labute approximate surface area is 92.7 Å². The van der Waals surface area contributed by atoms with Crippen LogP contribution in [0, 0.1) is 19.7 Å². The number of aryl methyl sites for hydroxylation is 2. The summed E-state index contributed by atoms with van der Waals surface area (Å²) in [5.74, 6) is -0.425. The first-order valence-electron chi connectivity index (χ1n) is 4.94. The van der Waals surface area contributed by atoms with Gasteiger partial charge in [0.05, 0.1) is 6.26 Å². The van der Waals surface area contributed by atoms with Crippen LogP contribution in [0.3, 0.4) is 0 Å². The maximum Gasteiger partial charge on any atom is 0.228 e. The van der Waals surface area contributed by atoms with Crippen molar-refractivity contribution in [2.75, 3.05) is 0 Å². The SMILES string of the molecule is Cc1ccc(F)cc1C(=O)c1occc1C. The van der Waals surface area contributed by atoms with Crippen LogP contribution in [0.25, 0.3) is 0 Å². The second-order valence-electron chi connectivity index (χ2n) is 3.72. The van der Waals surface area contributed by atoms with E-state index in [9.17, 15) is 9.18 Å². The first-order chi connectivity index (χ1) is 7.59. The number of halogens is 1. The summed E-state index contributed by atoms with van der Waals surface area (Å²) in [6.07, 6.45) is 1.46. The Morgan fingerprint density at radius 1 is 1.19 bits per heavy atom. The van der Waals surface area contributed by atoms with Crippen molar-refractivity contribution in [3.8, 4) is 0 Å². The van der Waals surface area contributed by atoms with E-state index >= 15 is 0 Å². The number of carbonyl (C=O) groups excluding carboxylic acids is 1. The minimum absolute atomic E-state index is 0.272. The second kappa shape index (κ2) is 3.93. The van der Waals surface area contributed by atoms with Crippen molar-refractivity contribution in [1.29, 1.82) is 0 Å². The summed E-state index contributed by atoms with van der Waals surface area (Å²) >= 11 is 0. The van der Waals surface area contributed by atoms with Gasteiger partial charge in [-0.2, -0.15) is 0 Å². The molecule has 82 valence electrons. The molecule has 0 saturated heterocycles. The highest BCUT2D eigenvalue weighted by molar-refractivity contribution is 6.08. The van der Waals surface area contributed by atoms with E-state index in [1.54, 1.807) is 26.0 Å². The molecule has 0 aliphatic carbocycles. The Kier molecular flexibility index (Phi) is 2.60. The lowest BCUT2D eigenvalue weighted by Crippen LogP contribution is -2.04. The molecular formula is C13H11FO2. The van der Waals surface area contributed by atoms with Gasteiger partial charge in [-0.1, -0.05) is 6.07 Å². The van der Waals surface area contributed by atoms with Crippen molar-refractivity contribution in [2.24, 2.45) is 0 Å². The molecule has 0 fully saturated rings. The largest absolute Gasteiger partial charge is 0.461 e. The van der Waals surface area contributed by atoms with Gasteiger partial charge in [0.25, 0.3) is 0 Å². The summed E-state index contributed by atoms with van der Waals surface area (Å²) in [5.41, 5.74) is 1.84. The van der Waals surface area contributed by atoms with Crippen LogP contribution in [0.5, 0.6) is 0 Å². The predicted octanol–water partition coefficient (Wildman–Crippen LogP) is 3.27. The highest BCUT2D eigenvalue weighted by Crippen LogP contribution is 2.18. The molecule has 0 radical (unpaired) electrons. The molecule has 3 heteroatoms. The fraction of sp³-hybridized carbons (Fsp3) is 0.154. The van der Waals surface area contributed by atoms with Crippen molar-refractivity contribution in [3.05, 3.63) is 58.8 Å². The zero-order valence-electron chi connectivity index (χ0n) is 9.08. The number of rotatable bonds is 2. The highest BCUT2D eigenvalue weighted by Gasteiger charge is 2.17. The van der Waals surface area contributed by atoms with Crippen LogP contribution in [0.1, 0.15) is 27.2 Å². The third-order valence-corrected chi connectivity index (χ3v) is 2.51. The number of hydrogen-bond donors (Lipinski definition) is 0. The van der Waals surface area contributed by atoms with Crippen LogP contribution in [-0.4, -0.2) is 5.78 Å². The molecule has 0 saturated carbocycles. The molecule has 2 rings (SSSR count). The average molecular weight is 218 g/mol. The first kappa shape index (κ1) is 10.6. The zero-order valence-corrected chi connectivity index (χ0v) is 9.08. The van der Waals surface area contributed by atoms with E-state index < -0.39 is 5.82 Å². The fourth-order valence-electron chi connectivity index (χ4n) is 1.57. The van der Waals surface area contributed by atoms with Crippen LogP contribution in [-0.2, 0) is 0 Å². The molecule has 0 atom stereocenters. The molecular weight excluding hydrogens is 207 g/mol. The lowest BCUT2D eigenvalue weighted by molar-refractivity contribution is 0.101. The number of furan rings is 1. The maximum atomic E-state index is 13.1. The summed E-state index contributed by atoms with van der Waals surface area (Å²) in [4.78, 5) is 12.0. The second-order valence-corrected chi connectivity index (χ2v) is 3.72. The van der Waals surface area contributed by atoms with Gasteiger partial charge in [0, 0.05) is 5.56 Å². The van der Waals surface area contributed by atoms with Gasteiger partial charge >= 0.3 is 0 Å². The minimum atomic E-state index is -0.418. The fourth-order valence-corrected chi connectivity index (χ4v) is 1.57. The first-order valence-corrected chi connectivity index (χ1v) is 4.94. The molecule has 0 amide bonds. The molecule has 2 nitrogen and oxygen atoms in total. The summed E-state index contributed by atoms with van der Waals surface area (Å²) in [5, 5.41) is 0. The third-order valence-electron chi connectivity index (χ3n) is 2.51. The molecule has 0 spiro atoms. The van der Waals surface area contributed by atoms with Crippen LogP contribution in [0.15, 0.2) is 34.9 Å². The van der Waals surface area contributed by atoms with Crippen LogP contribution < -0.4 is 0 Å². The van der Waals surface area contributed by atoms with E-state index in [1.165, 1.54) is 18.4 Å². The van der Waals surface area contributed by atoms with Gasteiger partial charge in [-0.25, -0.2) is 4.39 Å². The van der Waals surface area contributed by atoms with E-state index in [0.717, 1.165) is 11.1 Å². The standard InChI is InChI=1S/C13H11FO2/c1-8-3-4-10(14)7-11(8)12(15)13-9(2)5-6-16-13/h3-7H,1-2H3. The summed E-state index contributed by atoms with van der Waals surface area (Å²) in [7, 11) is 0. The smallest absolute Gasteiger partial charge is 0.228 e. The molecule has 16 heavy (non-hydrogen) atoms. The Morgan fingerprint density at radius 2 is 1.94 bits per heavy atom. The van der Waals surface area contributed by atoms with Gasteiger partial charge in [-0.3, -0.25) is 4.79 Å². The molecule has 0 unspecified atom stereocenters. The number of ketones is 1. The third kappa shape index (κ3) is 1.76. The minimum Gasteiger partial charge on any atom is -0.461 e. The van der Waals surface area contributed by atoms with Gasteiger partial charge in [0.15, 0.2) is 5.76 Å². The Hall–Kier alpha value is -1.90. The van der Waals surface area contributed by atoms with Gasteiger partial charge in [0.2, 0.25) is 5.78 Å². The molecule has 0 aliphatic rings.